The van der Waals surface area contributed by atoms with Gasteiger partial charge in [-0.1, -0.05) is 26.7 Å². The molecule has 0 heterocycles. The number of rotatable bonds is 7. The first kappa shape index (κ1) is 13.3. The molecule has 0 aliphatic heterocycles. The Labute approximate surface area is 85.8 Å². The van der Waals surface area contributed by atoms with Gasteiger partial charge in [-0.25, -0.2) is 8.42 Å². The molecule has 0 aromatic carbocycles. The lowest BCUT2D eigenvalue weighted by Crippen LogP contribution is -2.16. The molecule has 0 saturated heterocycles. The first-order valence-electron chi connectivity index (χ1n) is 4.92. The van der Waals surface area contributed by atoms with Gasteiger partial charge in [0.2, 0.25) is 0 Å². The Morgan fingerprint density at radius 1 is 1.15 bits per heavy atom. The predicted molar refractivity (Wildman–Crippen MR) is 60.4 cm³/mol. The summed E-state index contributed by atoms with van der Waals surface area (Å²) in [5.41, 5.74) is 0. The van der Waals surface area contributed by atoms with Crippen molar-refractivity contribution in [1.82, 2.24) is 0 Å². The van der Waals surface area contributed by atoms with Crippen LogP contribution in [0.1, 0.15) is 46.5 Å². The Balaban J connectivity index is 3.76. The molecule has 2 nitrogen and oxygen atoms in total. The quantitative estimate of drug-likeness (QED) is 0.491. The molecule has 0 bridgehead atoms. The van der Waals surface area contributed by atoms with Crippen molar-refractivity contribution in [3.8, 4) is 0 Å². The van der Waals surface area contributed by atoms with Crippen LogP contribution in [-0.4, -0.2) is 19.4 Å². The van der Waals surface area contributed by atoms with Gasteiger partial charge >= 0.3 is 0 Å². The lowest BCUT2D eigenvalue weighted by atomic mass is 10.3. The molecule has 0 fully saturated rings. The summed E-state index contributed by atoms with van der Waals surface area (Å²) >= 11 is 0. The highest BCUT2D eigenvalue weighted by molar-refractivity contribution is 8.61. The summed E-state index contributed by atoms with van der Waals surface area (Å²) in [7, 11) is -2.26. The highest BCUT2D eigenvalue weighted by Crippen LogP contribution is 2.07. The Morgan fingerprint density at radius 3 is 2.23 bits per heavy atom. The first-order chi connectivity index (χ1) is 6.13. The molecule has 0 aromatic heterocycles. The van der Waals surface area contributed by atoms with E-state index >= 15 is 0 Å². The molecule has 0 aliphatic carbocycles. The third-order valence-electron chi connectivity index (χ3n) is 2.00. The Bertz CT molecular complexity index is 180. The van der Waals surface area contributed by atoms with Crippen LogP contribution in [0.25, 0.3) is 0 Å². The highest BCUT2D eigenvalue weighted by atomic mass is 33.1. The minimum absolute atomic E-state index is 0.0717. The highest BCUT2D eigenvalue weighted by Gasteiger charge is 2.15. The summed E-state index contributed by atoms with van der Waals surface area (Å²) in [5.74, 6) is 0.602. The van der Waals surface area contributed by atoms with Gasteiger partial charge in [0.05, 0.1) is 0 Å². The molecule has 3 unspecified atom stereocenters. The van der Waals surface area contributed by atoms with E-state index in [1.165, 1.54) is 0 Å². The molecule has 80 valence electrons. The molecule has 4 heteroatoms. The van der Waals surface area contributed by atoms with Crippen molar-refractivity contribution in [3.63, 3.8) is 0 Å². The molecule has 0 amide bonds. The van der Waals surface area contributed by atoms with Gasteiger partial charge in [0.15, 0.2) is 0 Å². The maximum absolute atomic E-state index is 11.5. The summed E-state index contributed by atoms with van der Waals surface area (Å²) in [5, 5.41) is 0.0717. The van der Waals surface area contributed by atoms with Crippen molar-refractivity contribution < 1.29 is 8.42 Å². The Kier molecular flexibility index (Phi) is 7.86. The lowest BCUT2D eigenvalue weighted by Gasteiger charge is -2.07. The van der Waals surface area contributed by atoms with Crippen molar-refractivity contribution >= 4 is 19.7 Å². The maximum atomic E-state index is 11.5. The third kappa shape index (κ3) is 5.57. The van der Waals surface area contributed by atoms with Gasteiger partial charge < -0.3 is 0 Å². The van der Waals surface area contributed by atoms with E-state index < -0.39 is 19.7 Å². The van der Waals surface area contributed by atoms with E-state index in [9.17, 15) is 8.42 Å². The van der Waals surface area contributed by atoms with Gasteiger partial charge in [-0.05, 0) is 19.8 Å². The molecule has 0 N–H and O–H groups in total. The smallest absolute Gasteiger partial charge is 0.113 e. The monoisotopic (exact) mass is 224 g/mol. The fraction of sp³-hybridized carbons (Fsp3) is 1.00. The third-order valence-corrected chi connectivity index (χ3v) is 6.56. The van der Waals surface area contributed by atoms with Crippen LogP contribution in [0.4, 0.5) is 0 Å². The summed E-state index contributed by atoms with van der Waals surface area (Å²) in [6.45, 7) is 5.98. The average Bonchev–Trinajstić information content (AvgIpc) is 2.15. The van der Waals surface area contributed by atoms with Gasteiger partial charge in [-0.2, -0.15) is 0 Å². The van der Waals surface area contributed by atoms with E-state index in [2.05, 4.69) is 6.92 Å². The molecular formula is C9H20O2S2. The molecule has 0 radical (unpaired) electrons. The lowest BCUT2D eigenvalue weighted by molar-refractivity contribution is 0.666. The van der Waals surface area contributed by atoms with Crippen LogP contribution in [0.3, 0.4) is 0 Å². The zero-order valence-corrected chi connectivity index (χ0v) is 10.4. The van der Waals surface area contributed by atoms with Crippen LogP contribution < -0.4 is 0 Å². The minimum Gasteiger partial charge on any atom is -0.245 e. The zero-order chi connectivity index (χ0) is 10.3. The predicted octanol–water partition coefficient (Wildman–Crippen LogP) is 2.39. The summed E-state index contributed by atoms with van der Waals surface area (Å²) < 4.78 is 22.9. The van der Waals surface area contributed by atoms with E-state index in [0.29, 0.717) is 5.75 Å². The second-order valence-electron chi connectivity index (χ2n) is 3.19. The molecule has 0 saturated carbocycles. The SMILES string of the molecule is CCCCCS(=O)S(=O)C(C)CC. The van der Waals surface area contributed by atoms with Crippen molar-refractivity contribution in [2.24, 2.45) is 0 Å². The van der Waals surface area contributed by atoms with Crippen molar-refractivity contribution in [2.45, 2.75) is 51.7 Å². The topological polar surface area (TPSA) is 34.1 Å². The molecular weight excluding hydrogens is 204 g/mol. The molecule has 0 aliphatic rings. The molecule has 3 atom stereocenters. The van der Waals surface area contributed by atoms with Crippen molar-refractivity contribution in [1.29, 1.82) is 0 Å². The van der Waals surface area contributed by atoms with Gasteiger partial charge in [0.25, 0.3) is 0 Å². The van der Waals surface area contributed by atoms with Crippen LogP contribution >= 0.6 is 0 Å². The van der Waals surface area contributed by atoms with Gasteiger partial charge in [-0.3, -0.25) is 0 Å². The number of hydrogen-bond acceptors (Lipinski definition) is 2. The fourth-order valence-electron chi connectivity index (χ4n) is 0.871. The minimum atomic E-state index is -1.14. The van der Waals surface area contributed by atoms with Crippen LogP contribution in [0, 0.1) is 0 Å². The number of hydrogen-bond donors (Lipinski definition) is 0. The molecule has 0 aromatic rings. The molecule has 0 rings (SSSR count). The Hall–Kier alpha value is 0.300. The van der Waals surface area contributed by atoms with Crippen LogP contribution in [0.2, 0.25) is 0 Å². The van der Waals surface area contributed by atoms with E-state index in [-0.39, 0.29) is 5.25 Å². The largest absolute Gasteiger partial charge is 0.245 e. The van der Waals surface area contributed by atoms with E-state index in [0.717, 1.165) is 25.7 Å². The van der Waals surface area contributed by atoms with Crippen molar-refractivity contribution in [2.75, 3.05) is 5.75 Å². The van der Waals surface area contributed by atoms with Crippen molar-refractivity contribution in [3.05, 3.63) is 0 Å². The second-order valence-corrected chi connectivity index (χ2v) is 7.64. The second kappa shape index (κ2) is 7.68. The summed E-state index contributed by atoms with van der Waals surface area (Å²) in [4.78, 5) is 0. The molecule has 13 heavy (non-hydrogen) atoms. The van der Waals surface area contributed by atoms with Crippen LogP contribution in [0.15, 0.2) is 0 Å². The Morgan fingerprint density at radius 2 is 1.77 bits per heavy atom. The van der Waals surface area contributed by atoms with E-state index in [4.69, 9.17) is 0 Å². The maximum Gasteiger partial charge on any atom is 0.113 e. The van der Waals surface area contributed by atoms with Crippen LogP contribution in [-0.2, 0) is 19.7 Å². The first-order valence-corrected chi connectivity index (χ1v) is 7.97. The number of unbranched alkanes of at least 4 members (excludes halogenated alkanes) is 2. The summed E-state index contributed by atoms with van der Waals surface area (Å²) in [6.07, 6.45) is 3.98. The van der Waals surface area contributed by atoms with E-state index in [1.54, 1.807) is 0 Å². The standard InChI is InChI=1S/C9H20O2S2/c1-4-6-7-8-12(10)13(11)9(3)5-2/h9H,4-8H2,1-3H3. The van der Waals surface area contributed by atoms with Gasteiger partial charge in [-0.15, -0.1) is 0 Å². The molecule has 0 spiro atoms. The van der Waals surface area contributed by atoms with Gasteiger partial charge in [0.1, 0.15) is 19.7 Å². The average molecular weight is 224 g/mol. The summed E-state index contributed by atoms with van der Waals surface area (Å²) in [6, 6.07) is 0. The zero-order valence-electron chi connectivity index (χ0n) is 8.75. The normalized spacial score (nSPS) is 18.1. The van der Waals surface area contributed by atoms with E-state index in [1.807, 2.05) is 13.8 Å². The van der Waals surface area contributed by atoms with Gasteiger partial charge in [0, 0.05) is 11.0 Å². The van der Waals surface area contributed by atoms with Crippen LogP contribution in [0.5, 0.6) is 0 Å². The fourth-order valence-corrected chi connectivity index (χ4v) is 4.47.